The molecular weight excluding hydrogens is 352 g/mol. The topological polar surface area (TPSA) is 52.6 Å². The molecule has 0 radical (unpaired) electrons. The third-order valence-corrected chi connectivity index (χ3v) is 5.30. The molecule has 0 aromatic heterocycles. The number of ketones is 1. The van der Waals surface area contributed by atoms with Crippen molar-refractivity contribution in [2.45, 2.75) is 97.9 Å². The molecule has 0 bridgehead atoms. The summed E-state index contributed by atoms with van der Waals surface area (Å²) < 4.78 is 12.3. The van der Waals surface area contributed by atoms with Gasteiger partial charge in [0.15, 0.2) is 5.78 Å². The van der Waals surface area contributed by atoms with E-state index < -0.39 is 11.4 Å². The second-order valence-electron chi connectivity index (χ2n) is 9.52. The number of hydrogen-bond acceptors (Lipinski definition) is 4. The first-order valence-corrected chi connectivity index (χ1v) is 10.6. The summed E-state index contributed by atoms with van der Waals surface area (Å²) >= 11 is 0. The highest BCUT2D eigenvalue weighted by molar-refractivity contribution is 6.08. The van der Waals surface area contributed by atoms with Gasteiger partial charge in [0, 0.05) is 11.0 Å². The van der Waals surface area contributed by atoms with Crippen molar-refractivity contribution in [3.05, 3.63) is 35.4 Å². The third-order valence-electron chi connectivity index (χ3n) is 5.30. The van der Waals surface area contributed by atoms with Crippen molar-refractivity contribution in [1.82, 2.24) is 0 Å². The molecule has 1 fully saturated rings. The molecule has 28 heavy (non-hydrogen) atoms. The van der Waals surface area contributed by atoms with Gasteiger partial charge in [-0.25, -0.2) is 4.79 Å². The molecule has 156 valence electrons. The molecule has 0 spiro atoms. The van der Waals surface area contributed by atoms with E-state index in [1.54, 1.807) is 24.3 Å². The van der Waals surface area contributed by atoms with Crippen LogP contribution in [0.1, 0.15) is 101 Å². The Bertz CT molecular complexity index is 684. The Morgan fingerprint density at radius 3 is 2.11 bits per heavy atom. The first kappa shape index (κ1) is 22.6. The molecule has 2 rings (SSSR count). The summed E-state index contributed by atoms with van der Waals surface area (Å²) in [4.78, 5) is 25.7. The summed E-state index contributed by atoms with van der Waals surface area (Å²) in [5.41, 5.74) is -0.0161. The molecule has 0 aliphatic heterocycles. The van der Waals surface area contributed by atoms with Crippen LogP contribution in [0.2, 0.25) is 0 Å². The van der Waals surface area contributed by atoms with Gasteiger partial charge < -0.3 is 9.47 Å². The van der Waals surface area contributed by atoms with Crippen molar-refractivity contribution in [2.75, 3.05) is 0 Å². The number of Topliss-reactive ketones (excluding diaryl/α,β-unsaturated/α-hetero) is 1. The van der Waals surface area contributed by atoms with E-state index in [1.807, 2.05) is 20.8 Å². The lowest BCUT2D eigenvalue weighted by Crippen LogP contribution is -2.42. The highest BCUT2D eigenvalue weighted by Crippen LogP contribution is 2.31. The number of carbonyl (C=O) groups excluding carboxylic acids is 2. The molecule has 2 atom stereocenters. The van der Waals surface area contributed by atoms with Crippen LogP contribution in [-0.4, -0.2) is 29.6 Å². The molecule has 1 aromatic carbocycles. The normalized spacial score (nSPS) is 20.6. The average molecular weight is 389 g/mol. The van der Waals surface area contributed by atoms with Crippen molar-refractivity contribution in [2.24, 2.45) is 5.41 Å². The van der Waals surface area contributed by atoms with Crippen molar-refractivity contribution in [1.29, 1.82) is 0 Å². The minimum absolute atomic E-state index is 0.0550. The molecule has 0 N–H and O–H groups in total. The van der Waals surface area contributed by atoms with Crippen LogP contribution in [0.5, 0.6) is 0 Å². The predicted octanol–water partition coefficient (Wildman–Crippen LogP) is 5.98. The van der Waals surface area contributed by atoms with E-state index in [1.165, 1.54) is 0 Å². The zero-order valence-corrected chi connectivity index (χ0v) is 18.3. The molecule has 0 amide bonds. The van der Waals surface area contributed by atoms with E-state index in [0.717, 1.165) is 38.5 Å². The lowest BCUT2D eigenvalue weighted by Gasteiger charge is -2.37. The van der Waals surface area contributed by atoms with E-state index in [-0.39, 0.29) is 23.6 Å². The molecule has 1 saturated carbocycles. The van der Waals surface area contributed by atoms with Crippen molar-refractivity contribution >= 4 is 11.8 Å². The van der Waals surface area contributed by atoms with Crippen LogP contribution in [0.25, 0.3) is 0 Å². The van der Waals surface area contributed by atoms with Gasteiger partial charge >= 0.3 is 5.97 Å². The van der Waals surface area contributed by atoms with Crippen LogP contribution in [-0.2, 0) is 9.47 Å². The van der Waals surface area contributed by atoms with E-state index in [2.05, 4.69) is 20.8 Å². The average Bonchev–Trinajstić information content (AvgIpc) is 2.61. The fraction of sp³-hybridized carbons (Fsp3) is 0.667. The standard InChI is InChI=1S/C24H36O4/c1-7-16-24(5,6)28-20-15-11-10-14-19(20)27-22(26)18-13-9-8-12-17(18)21(25)23(2,3)4/h8-9,12-13,19-20H,7,10-11,14-16H2,1-6H3. The van der Waals surface area contributed by atoms with Gasteiger partial charge in [0.1, 0.15) is 6.10 Å². The zero-order valence-electron chi connectivity index (χ0n) is 18.3. The minimum Gasteiger partial charge on any atom is -0.456 e. The molecule has 1 aliphatic carbocycles. The molecule has 2 unspecified atom stereocenters. The van der Waals surface area contributed by atoms with Gasteiger partial charge in [0.2, 0.25) is 0 Å². The highest BCUT2D eigenvalue weighted by Gasteiger charge is 2.35. The Labute approximate surface area is 170 Å². The van der Waals surface area contributed by atoms with Gasteiger partial charge in [-0.2, -0.15) is 0 Å². The number of ether oxygens (including phenoxy) is 2. The number of hydrogen-bond donors (Lipinski definition) is 0. The monoisotopic (exact) mass is 388 g/mol. The Morgan fingerprint density at radius 1 is 0.964 bits per heavy atom. The molecule has 4 heteroatoms. The predicted molar refractivity (Wildman–Crippen MR) is 112 cm³/mol. The first-order valence-electron chi connectivity index (χ1n) is 10.6. The van der Waals surface area contributed by atoms with Crippen molar-refractivity contribution < 1.29 is 19.1 Å². The Morgan fingerprint density at radius 2 is 1.54 bits per heavy atom. The SMILES string of the molecule is CCCC(C)(C)OC1CCCCC1OC(=O)c1ccccc1C(=O)C(C)(C)C. The molecule has 0 saturated heterocycles. The first-order chi connectivity index (χ1) is 13.0. The number of esters is 1. The molecule has 1 aromatic rings. The summed E-state index contributed by atoms with van der Waals surface area (Å²) in [7, 11) is 0. The van der Waals surface area contributed by atoms with Gasteiger partial charge in [0.25, 0.3) is 0 Å². The van der Waals surface area contributed by atoms with Gasteiger partial charge in [0.05, 0.1) is 17.3 Å². The quantitative estimate of drug-likeness (QED) is 0.426. The summed E-state index contributed by atoms with van der Waals surface area (Å²) in [6.45, 7) is 11.9. The van der Waals surface area contributed by atoms with Gasteiger partial charge in [-0.3, -0.25) is 4.79 Å². The largest absolute Gasteiger partial charge is 0.456 e. The van der Waals surface area contributed by atoms with Gasteiger partial charge in [-0.1, -0.05) is 58.7 Å². The van der Waals surface area contributed by atoms with Gasteiger partial charge in [-0.15, -0.1) is 0 Å². The van der Waals surface area contributed by atoms with Crippen molar-refractivity contribution in [3.63, 3.8) is 0 Å². The molecule has 4 nitrogen and oxygen atoms in total. The fourth-order valence-electron chi connectivity index (χ4n) is 3.87. The zero-order chi connectivity index (χ0) is 20.9. The van der Waals surface area contributed by atoms with Gasteiger partial charge in [-0.05, 0) is 45.6 Å². The minimum atomic E-state index is -0.558. The van der Waals surface area contributed by atoms with E-state index >= 15 is 0 Å². The maximum atomic E-state index is 13.0. The summed E-state index contributed by atoms with van der Waals surface area (Å²) in [6.07, 6.45) is 5.45. The third kappa shape index (κ3) is 5.91. The Hall–Kier alpha value is -1.68. The number of carbonyl (C=O) groups is 2. The number of rotatable bonds is 7. The maximum Gasteiger partial charge on any atom is 0.339 e. The Balaban J connectivity index is 2.18. The second-order valence-corrected chi connectivity index (χ2v) is 9.52. The summed E-state index contributed by atoms with van der Waals surface area (Å²) in [5.74, 6) is -0.484. The van der Waals surface area contributed by atoms with Crippen LogP contribution < -0.4 is 0 Å². The summed E-state index contributed by atoms with van der Waals surface area (Å²) in [5, 5.41) is 0. The lowest BCUT2D eigenvalue weighted by atomic mass is 9.84. The maximum absolute atomic E-state index is 13.0. The van der Waals surface area contributed by atoms with E-state index in [4.69, 9.17) is 9.47 Å². The molecule has 0 heterocycles. The van der Waals surface area contributed by atoms with Crippen molar-refractivity contribution in [3.8, 4) is 0 Å². The fourth-order valence-corrected chi connectivity index (χ4v) is 3.87. The second kappa shape index (κ2) is 9.21. The molecule has 1 aliphatic rings. The van der Waals surface area contributed by atoms with Crippen LogP contribution in [0.4, 0.5) is 0 Å². The van der Waals surface area contributed by atoms with Crippen LogP contribution in [0.15, 0.2) is 24.3 Å². The smallest absolute Gasteiger partial charge is 0.339 e. The van der Waals surface area contributed by atoms with Crippen LogP contribution in [0, 0.1) is 5.41 Å². The Kier molecular flexibility index (Phi) is 7.44. The van der Waals surface area contributed by atoms with Crippen LogP contribution >= 0.6 is 0 Å². The molecular formula is C24H36O4. The number of benzene rings is 1. The lowest BCUT2D eigenvalue weighted by molar-refractivity contribution is -0.137. The van der Waals surface area contributed by atoms with Crippen LogP contribution in [0.3, 0.4) is 0 Å². The highest BCUT2D eigenvalue weighted by atomic mass is 16.6. The summed E-state index contributed by atoms with van der Waals surface area (Å²) in [6, 6.07) is 6.95. The van der Waals surface area contributed by atoms with E-state index in [0.29, 0.717) is 11.1 Å². The van der Waals surface area contributed by atoms with E-state index in [9.17, 15) is 9.59 Å².